The Balaban J connectivity index is 0.000000238. The molecule has 0 aromatic heterocycles. The van der Waals surface area contributed by atoms with Crippen LogP contribution >= 0.6 is 0 Å². The highest BCUT2D eigenvalue weighted by Gasteiger charge is 1.99. The van der Waals surface area contributed by atoms with Crippen molar-refractivity contribution in [3.8, 4) is 0 Å². The minimum absolute atomic E-state index is 0.116. The van der Waals surface area contributed by atoms with E-state index in [9.17, 15) is 0 Å². The Morgan fingerprint density at radius 2 is 1.65 bits per heavy atom. The number of hydrogen-bond acceptors (Lipinski definition) is 1. The van der Waals surface area contributed by atoms with Crippen LogP contribution in [-0.4, -0.2) is 5.84 Å². The third-order valence-corrected chi connectivity index (χ3v) is 3.74. The van der Waals surface area contributed by atoms with Gasteiger partial charge in [0.15, 0.2) is 0 Å². The number of allylic oxidation sites excluding steroid dienone is 1. The Hall–Kier alpha value is -2.35. The molecule has 122 valence electrons. The summed E-state index contributed by atoms with van der Waals surface area (Å²) in [6.45, 7) is 8.39. The number of nitrogens with one attached hydrogen (secondary N) is 1. The molecule has 2 nitrogen and oxygen atoms in total. The molecule has 0 saturated carbocycles. The van der Waals surface area contributed by atoms with E-state index in [0.717, 1.165) is 24.0 Å². The number of rotatable bonds is 4. The zero-order valence-electron chi connectivity index (χ0n) is 14.7. The van der Waals surface area contributed by atoms with E-state index in [-0.39, 0.29) is 5.84 Å². The van der Waals surface area contributed by atoms with E-state index < -0.39 is 0 Å². The largest absolute Gasteiger partial charge is 0.384 e. The summed E-state index contributed by atoms with van der Waals surface area (Å²) in [7, 11) is 0. The van der Waals surface area contributed by atoms with Crippen LogP contribution in [0, 0.1) is 12.3 Å². The fraction of sp³-hybridized carbons (Fsp3) is 0.286. The second-order valence-electron chi connectivity index (χ2n) is 5.51. The molecule has 0 amide bonds. The molecule has 0 saturated heterocycles. The standard InChI is InChI=1S/C11H14N2.C10H14/c1-3-4-9-7-10(11(12)13)6-5-8(9)2;1-3-9-6-5-7-10(4-2)8-9/h3-7H,1-2H3,(H3,12,13);5-8H,3-4H2,1-2H3/b4-3-;. The molecule has 2 rings (SSSR count). The molecular weight excluding hydrogens is 280 g/mol. The van der Waals surface area contributed by atoms with E-state index in [2.05, 4.69) is 38.1 Å². The zero-order valence-corrected chi connectivity index (χ0v) is 14.7. The highest BCUT2D eigenvalue weighted by Crippen LogP contribution is 2.12. The Labute approximate surface area is 140 Å². The van der Waals surface area contributed by atoms with E-state index in [0.29, 0.717) is 0 Å². The second-order valence-corrected chi connectivity index (χ2v) is 5.51. The lowest BCUT2D eigenvalue weighted by Crippen LogP contribution is -2.11. The highest BCUT2D eigenvalue weighted by molar-refractivity contribution is 5.95. The number of nitrogen functional groups attached to an aromatic ring is 1. The fourth-order valence-electron chi connectivity index (χ4n) is 2.24. The molecule has 0 spiro atoms. The van der Waals surface area contributed by atoms with Crippen LogP contribution in [-0.2, 0) is 12.8 Å². The van der Waals surface area contributed by atoms with Gasteiger partial charge in [-0.05, 0) is 55.0 Å². The molecule has 0 heterocycles. The summed E-state index contributed by atoms with van der Waals surface area (Å²) in [4.78, 5) is 0. The van der Waals surface area contributed by atoms with Gasteiger partial charge in [0.05, 0.1) is 0 Å². The Kier molecular flexibility index (Phi) is 7.82. The highest BCUT2D eigenvalue weighted by atomic mass is 14.7. The van der Waals surface area contributed by atoms with E-state index in [1.54, 1.807) is 0 Å². The molecule has 0 atom stereocenters. The van der Waals surface area contributed by atoms with E-state index in [1.165, 1.54) is 16.7 Å². The smallest absolute Gasteiger partial charge is 0.122 e. The summed E-state index contributed by atoms with van der Waals surface area (Å²) in [5, 5.41) is 7.29. The van der Waals surface area contributed by atoms with Crippen LogP contribution in [0.5, 0.6) is 0 Å². The third kappa shape index (κ3) is 6.11. The molecule has 0 fully saturated rings. The minimum atomic E-state index is 0.116. The van der Waals surface area contributed by atoms with Crippen molar-refractivity contribution >= 4 is 11.9 Å². The van der Waals surface area contributed by atoms with Gasteiger partial charge in [0.25, 0.3) is 0 Å². The molecule has 0 bridgehead atoms. The van der Waals surface area contributed by atoms with Crippen molar-refractivity contribution in [2.24, 2.45) is 5.73 Å². The number of aryl methyl sites for hydroxylation is 3. The van der Waals surface area contributed by atoms with Gasteiger partial charge in [-0.1, -0.05) is 62.4 Å². The predicted octanol–water partition coefficient (Wildman–Crippen LogP) is 5.12. The molecule has 2 aromatic carbocycles. The van der Waals surface area contributed by atoms with Crippen molar-refractivity contribution in [2.75, 3.05) is 0 Å². The topological polar surface area (TPSA) is 49.9 Å². The zero-order chi connectivity index (χ0) is 17.2. The van der Waals surface area contributed by atoms with E-state index in [1.807, 2.05) is 44.2 Å². The summed E-state index contributed by atoms with van der Waals surface area (Å²) >= 11 is 0. The maximum absolute atomic E-state index is 7.29. The lowest BCUT2D eigenvalue weighted by molar-refractivity contribution is 1.09. The van der Waals surface area contributed by atoms with Crippen molar-refractivity contribution in [3.05, 3.63) is 76.4 Å². The van der Waals surface area contributed by atoms with Crippen molar-refractivity contribution in [2.45, 2.75) is 40.5 Å². The van der Waals surface area contributed by atoms with Crippen LogP contribution in [0.3, 0.4) is 0 Å². The van der Waals surface area contributed by atoms with Crippen molar-refractivity contribution in [3.63, 3.8) is 0 Å². The molecule has 0 aliphatic carbocycles. The van der Waals surface area contributed by atoms with Gasteiger partial charge in [-0.25, -0.2) is 0 Å². The molecule has 0 unspecified atom stereocenters. The van der Waals surface area contributed by atoms with E-state index >= 15 is 0 Å². The molecule has 2 aromatic rings. The summed E-state index contributed by atoms with van der Waals surface area (Å²) in [6.07, 6.45) is 6.29. The number of nitrogens with two attached hydrogens (primary N) is 1. The minimum Gasteiger partial charge on any atom is -0.384 e. The van der Waals surface area contributed by atoms with Crippen molar-refractivity contribution < 1.29 is 0 Å². The first kappa shape index (κ1) is 18.7. The molecule has 3 N–H and O–H groups in total. The van der Waals surface area contributed by atoms with E-state index in [4.69, 9.17) is 11.1 Å². The maximum Gasteiger partial charge on any atom is 0.122 e. The first-order valence-electron chi connectivity index (χ1n) is 8.17. The van der Waals surface area contributed by atoms with Crippen LogP contribution in [0.1, 0.15) is 48.6 Å². The average molecular weight is 308 g/mol. The van der Waals surface area contributed by atoms with Gasteiger partial charge < -0.3 is 5.73 Å². The number of hydrogen-bond donors (Lipinski definition) is 2. The van der Waals surface area contributed by atoms with Gasteiger partial charge in [-0.15, -0.1) is 0 Å². The monoisotopic (exact) mass is 308 g/mol. The molecular formula is C21H28N2. The Morgan fingerprint density at radius 3 is 2.13 bits per heavy atom. The SMILES string of the molecule is C/C=C\c1cc(C(=N)N)ccc1C.CCc1cccc(CC)c1. The lowest BCUT2D eigenvalue weighted by atomic mass is 10.0. The molecule has 23 heavy (non-hydrogen) atoms. The van der Waals surface area contributed by atoms with Crippen molar-refractivity contribution in [1.82, 2.24) is 0 Å². The summed E-state index contributed by atoms with van der Waals surface area (Å²) in [5.74, 6) is 0.116. The quantitative estimate of drug-likeness (QED) is 0.597. The Morgan fingerprint density at radius 1 is 1.04 bits per heavy atom. The molecule has 0 radical (unpaired) electrons. The maximum atomic E-state index is 7.29. The molecule has 2 heteroatoms. The molecule has 0 aliphatic rings. The third-order valence-electron chi connectivity index (χ3n) is 3.74. The van der Waals surface area contributed by atoms with Gasteiger partial charge >= 0.3 is 0 Å². The first-order valence-corrected chi connectivity index (χ1v) is 8.17. The van der Waals surface area contributed by atoms with Gasteiger partial charge in [-0.2, -0.15) is 0 Å². The number of amidine groups is 1. The molecule has 0 aliphatic heterocycles. The van der Waals surface area contributed by atoms with Crippen LogP contribution in [0.25, 0.3) is 6.08 Å². The van der Waals surface area contributed by atoms with Crippen LogP contribution in [0.15, 0.2) is 48.5 Å². The second kappa shape index (κ2) is 9.62. The van der Waals surface area contributed by atoms with Crippen LogP contribution < -0.4 is 5.73 Å². The van der Waals surface area contributed by atoms with Gasteiger partial charge in [0.1, 0.15) is 5.84 Å². The summed E-state index contributed by atoms with van der Waals surface area (Å²) < 4.78 is 0. The van der Waals surface area contributed by atoms with Gasteiger partial charge in [-0.3, -0.25) is 5.41 Å². The normalized spacial score (nSPS) is 10.3. The summed E-state index contributed by atoms with van der Waals surface area (Å²) in [6, 6.07) is 14.5. The van der Waals surface area contributed by atoms with Crippen LogP contribution in [0.4, 0.5) is 0 Å². The van der Waals surface area contributed by atoms with Gasteiger partial charge in [0, 0.05) is 5.56 Å². The summed E-state index contributed by atoms with van der Waals surface area (Å²) in [5.41, 5.74) is 11.4. The predicted molar refractivity (Wildman–Crippen MR) is 102 cm³/mol. The lowest BCUT2D eigenvalue weighted by Gasteiger charge is -2.03. The van der Waals surface area contributed by atoms with Crippen molar-refractivity contribution in [1.29, 1.82) is 5.41 Å². The average Bonchev–Trinajstić information content (AvgIpc) is 2.57. The Bertz CT molecular complexity index is 650. The number of benzene rings is 2. The first-order chi connectivity index (χ1) is 11.0. The van der Waals surface area contributed by atoms with Gasteiger partial charge in [0.2, 0.25) is 0 Å². The van der Waals surface area contributed by atoms with Crippen LogP contribution in [0.2, 0.25) is 0 Å². The fourth-order valence-corrected chi connectivity index (χ4v) is 2.24.